The van der Waals surface area contributed by atoms with Crippen molar-refractivity contribution in [1.82, 2.24) is 0 Å². The molecule has 0 spiro atoms. The third kappa shape index (κ3) is 4.07. The maximum atomic E-state index is 2.35. The van der Waals surface area contributed by atoms with E-state index in [4.69, 9.17) is 0 Å². The molecule has 15 heavy (non-hydrogen) atoms. The third-order valence-electron chi connectivity index (χ3n) is 3.09. The van der Waals surface area contributed by atoms with Crippen molar-refractivity contribution in [3.8, 4) is 0 Å². The van der Waals surface area contributed by atoms with Gasteiger partial charge in [-0.2, -0.15) is 0 Å². The lowest BCUT2D eigenvalue weighted by Gasteiger charge is -2.17. The van der Waals surface area contributed by atoms with Gasteiger partial charge in [-0.05, 0) is 31.1 Å². The third-order valence-corrected chi connectivity index (χ3v) is 3.09. The number of allylic oxidation sites excluding steroid dienone is 6. The Balaban J connectivity index is 2.58. The van der Waals surface area contributed by atoms with E-state index in [1.165, 1.54) is 19.3 Å². The maximum Gasteiger partial charge on any atom is -0.00483 e. The highest BCUT2D eigenvalue weighted by atomic mass is 14.1. The van der Waals surface area contributed by atoms with E-state index >= 15 is 0 Å². The summed E-state index contributed by atoms with van der Waals surface area (Å²) in [6.45, 7) is 9.00. The van der Waals surface area contributed by atoms with Crippen LogP contribution >= 0.6 is 0 Å². The lowest BCUT2D eigenvalue weighted by Crippen LogP contribution is -2.01. The molecule has 0 radical (unpaired) electrons. The fourth-order valence-corrected chi connectivity index (χ4v) is 1.88. The normalized spacial score (nSPS) is 19.3. The minimum atomic E-state index is 0.613. The zero-order valence-electron chi connectivity index (χ0n) is 10.6. The Bertz CT molecular complexity index is 276. The Hall–Kier alpha value is -0.780. The number of rotatable bonds is 4. The van der Waals surface area contributed by atoms with Crippen molar-refractivity contribution in [1.29, 1.82) is 0 Å². The van der Waals surface area contributed by atoms with Gasteiger partial charge >= 0.3 is 0 Å². The minimum absolute atomic E-state index is 0.613. The molecule has 0 aromatic rings. The Labute approximate surface area is 94.8 Å². The topological polar surface area (TPSA) is 0 Å². The summed E-state index contributed by atoms with van der Waals surface area (Å²) in [4.78, 5) is 0. The second-order valence-corrected chi connectivity index (χ2v) is 4.84. The molecular weight excluding hydrogens is 180 g/mol. The van der Waals surface area contributed by atoms with Gasteiger partial charge in [0.25, 0.3) is 0 Å². The standard InChI is InChI=1S/C15H24/c1-5-14-8-10-15(11-9-14)13(4)7-6-12(2)3/h6-8,10,12-13H,5,9,11H2,1-4H3/b7-6-. The van der Waals surface area contributed by atoms with Crippen LogP contribution in [0.25, 0.3) is 0 Å². The Morgan fingerprint density at radius 2 is 1.87 bits per heavy atom. The van der Waals surface area contributed by atoms with Crippen LogP contribution in [0.3, 0.4) is 0 Å². The summed E-state index contributed by atoms with van der Waals surface area (Å²) < 4.78 is 0. The van der Waals surface area contributed by atoms with Crippen molar-refractivity contribution in [2.24, 2.45) is 11.8 Å². The molecule has 0 saturated heterocycles. The Morgan fingerprint density at radius 1 is 1.13 bits per heavy atom. The van der Waals surface area contributed by atoms with Gasteiger partial charge in [-0.15, -0.1) is 0 Å². The first-order chi connectivity index (χ1) is 7.13. The Kier molecular flexibility index (Phi) is 4.87. The molecule has 0 bridgehead atoms. The first-order valence-electron chi connectivity index (χ1n) is 6.20. The molecule has 0 aromatic heterocycles. The first-order valence-corrected chi connectivity index (χ1v) is 6.20. The highest BCUT2D eigenvalue weighted by Crippen LogP contribution is 2.26. The van der Waals surface area contributed by atoms with Crippen molar-refractivity contribution in [2.75, 3.05) is 0 Å². The summed E-state index contributed by atoms with van der Waals surface area (Å²) in [5.74, 6) is 1.28. The maximum absolute atomic E-state index is 2.35. The van der Waals surface area contributed by atoms with Crippen LogP contribution in [0.5, 0.6) is 0 Å². The van der Waals surface area contributed by atoms with E-state index in [-0.39, 0.29) is 0 Å². The monoisotopic (exact) mass is 204 g/mol. The lowest BCUT2D eigenvalue weighted by atomic mass is 9.89. The molecule has 0 nitrogen and oxygen atoms in total. The van der Waals surface area contributed by atoms with Gasteiger partial charge in [0.15, 0.2) is 0 Å². The molecule has 1 unspecified atom stereocenters. The highest BCUT2D eigenvalue weighted by Gasteiger charge is 2.09. The van der Waals surface area contributed by atoms with Crippen LogP contribution in [-0.4, -0.2) is 0 Å². The summed E-state index contributed by atoms with van der Waals surface area (Å²) >= 11 is 0. The van der Waals surface area contributed by atoms with Crippen LogP contribution < -0.4 is 0 Å². The van der Waals surface area contributed by atoms with E-state index in [9.17, 15) is 0 Å². The van der Waals surface area contributed by atoms with Gasteiger partial charge in [0.2, 0.25) is 0 Å². The molecule has 0 aromatic carbocycles. The molecule has 1 aliphatic rings. The van der Waals surface area contributed by atoms with Crippen molar-refractivity contribution in [2.45, 2.75) is 47.0 Å². The first kappa shape index (κ1) is 12.3. The molecule has 0 aliphatic heterocycles. The van der Waals surface area contributed by atoms with Gasteiger partial charge in [0.1, 0.15) is 0 Å². The second-order valence-electron chi connectivity index (χ2n) is 4.84. The average Bonchev–Trinajstić information content (AvgIpc) is 2.26. The zero-order valence-corrected chi connectivity index (χ0v) is 10.6. The molecule has 0 N–H and O–H groups in total. The van der Waals surface area contributed by atoms with Crippen LogP contribution in [0.1, 0.15) is 47.0 Å². The van der Waals surface area contributed by atoms with E-state index in [0.717, 1.165) is 0 Å². The van der Waals surface area contributed by atoms with Crippen molar-refractivity contribution < 1.29 is 0 Å². The minimum Gasteiger partial charge on any atom is -0.0854 e. The van der Waals surface area contributed by atoms with E-state index in [0.29, 0.717) is 11.8 Å². The predicted molar refractivity (Wildman–Crippen MR) is 68.8 cm³/mol. The largest absolute Gasteiger partial charge is 0.0854 e. The van der Waals surface area contributed by atoms with Crippen molar-refractivity contribution in [3.05, 3.63) is 35.5 Å². The van der Waals surface area contributed by atoms with Crippen LogP contribution in [0.2, 0.25) is 0 Å². The molecule has 0 amide bonds. The fraction of sp³-hybridized carbons (Fsp3) is 0.600. The van der Waals surface area contributed by atoms with Crippen LogP contribution in [-0.2, 0) is 0 Å². The van der Waals surface area contributed by atoms with E-state index in [2.05, 4.69) is 52.0 Å². The summed E-state index contributed by atoms with van der Waals surface area (Å²) in [6, 6.07) is 0. The van der Waals surface area contributed by atoms with Gasteiger partial charge in [0, 0.05) is 0 Å². The smallest absolute Gasteiger partial charge is 0.00483 e. The van der Waals surface area contributed by atoms with Crippen LogP contribution in [0, 0.1) is 11.8 Å². The molecule has 0 saturated carbocycles. The SMILES string of the molecule is CCC1=CC=C(C(C)/C=C\C(C)C)CC1. The van der Waals surface area contributed by atoms with Gasteiger partial charge in [-0.1, -0.05) is 63.1 Å². The van der Waals surface area contributed by atoms with E-state index in [1.54, 1.807) is 11.1 Å². The second kappa shape index (κ2) is 5.95. The molecule has 1 aliphatic carbocycles. The molecule has 1 atom stereocenters. The van der Waals surface area contributed by atoms with Crippen molar-refractivity contribution in [3.63, 3.8) is 0 Å². The quantitative estimate of drug-likeness (QED) is 0.572. The molecule has 0 heterocycles. The summed E-state index contributed by atoms with van der Waals surface area (Å²) in [7, 11) is 0. The number of hydrogen-bond donors (Lipinski definition) is 0. The molecular formula is C15H24. The van der Waals surface area contributed by atoms with Crippen molar-refractivity contribution >= 4 is 0 Å². The Morgan fingerprint density at radius 3 is 2.33 bits per heavy atom. The van der Waals surface area contributed by atoms with Gasteiger partial charge in [-0.25, -0.2) is 0 Å². The van der Waals surface area contributed by atoms with Crippen LogP contribution in [0.15, 0.2) is 35.5 Å². The van der Waals surface area contributed by atoms with Gasteiger partial charge < -0.3 is 0 Å². The fourth-order valence-electron chi connectivity index (χ4n) is 1.88. The summed E-state index contributed by atoms with van der Waals surface area (Å²) in [5, 5.41) is 0. The summed E-state index contributed by atoms with van der Waals surface area (Å²) in [5.41, 5.74) is 3.18. The summed E-state index contributed by atoms with van der Waals surface area (Å²) in [6.07, 6.45) is 13.0. The average molecular weight is 204 g/mol. The van der Waals surface area contributed by atoms with Crippen LogP contribution in [0.4, 0.5) is 0 Å². The van der Waals surface area contributed by atoms with Gasteiger partial charge in [0.05, 0.1) is 0 Å². The number of hydrogen-bond acceptors (Lipinski definition) is 0. The molecule has 0 fully saturated rings. The molecule has 1 rings (SSSR count). The molecule has 0 heteroatoms. The highest BCUT2D eigenvalue weighted by molar-refractivity contribution is 5.27. The predicted octanol–water partition coefficient (Wildman–Crippen LogP) is 4.89. The van der Waals surface area contributed by atoms with E-state index < -0.39 is 0 Å². The molecule has 84 valence electrons. The zero-order chi connectivity index (χ0) is 11.3. The van der Waals surface area contributed by atoms with E-state index in [1.807, 2.05) is 0 Å². The van der Waals surface area contributed by atoms with Gasteiger partial charge in [-0.3, -0.25) is 0 Å². The lowest BCUT2D eigenvalue weighted by molar-refractivity contribution is 0.733.